The SMILES string of the molecule is CCSCc1ccc(C(=O)N2CCC(N3CCNCC3)C2)cc1.Cl. The molecular formula is C18H28ClN3OS. The average molecular weight is 370 g/mol. The number of likely N-dealkylation sites (tertiary alicyclic amines) is 1. The number of halogens is 1. The summed E-state index contributed by atoms with van der Waals surface area (Å²) in [6.07, 6.45) is 1.11. The van der Waals surface area contributed by atoms with Crippen molar-refractivity contribution in [3.05, 3.63) is 35.4 Å². The van der Waals surface area contributed by atoms with Crippen molar-refractivity contribution >= 4 is 30.1 Å². The Bertz CT molecular complexity index is 520. The summed E-state index contributed by atoms with van der Waals surface area (Å²) in [6.45, 7) is 8.30. The zero-order valence-electron chi connectivity index (χ0n) is 14.4. The molecule has 2 fully saturated rings. The van der Waals surface area contributed by atoms with E-state index in [2.05, 4.69) is 29.3 Å². The highest BCUT2D eigenvalue weighted by Crippen LogP contribution is 2.19. The van der Waals surface area contributed by atoms with Crippen LogP contribution in [0.25, 0.3) is 0 Å². The van der Waals surface area contributed by atoms with Crippen LogP contribution in [0.5, 0.6) is 0 Å². The molecule has 134 valence electrons. The van der Waals surface area contributed by atoms with Crippen LogP contribution in [0.2, 0.25) is 0 Å². The molecule has 0 aliphatic carbocycles. The number of piperazine rings is 1. The molecule has 1 aromatic rings. The van der Waals surface area contributed by atoms with Crippen molar-refractivity contribution in [1.29, 1.82) is 0 Å². The number of hydrogen-bond donors (Lipinski definition) is 1. The molecule has 0 saturated carbocycles. The number of amides is 1. The first-order valence-electron chi connectivity index (χ1n) is 8.68. The van der Waals surface area contributed by atoms with Gasteiger partial charge < -0.3 is 10.2 Å². The molecule has 0 aromatic heterocycles. The minimum Gasteiger partial charge on any atom is -0.337 e. The summed E-state index contributed by atoms with van der Waals surface area (Å²) < 4.78 is 0. The summed E-state index contributed by atoms with van der Waals surface area (Å²) in [5.41, 5.74) is 2.13. The van der Waals surface area contributed by atoms with Gasteiger partial charge in [0, 0.05) is 56.6 Å². The summed E-state index contributed by atoms with van der Waals surface area (Å²) in [7, 11) is 0. The highest BCUT2D eigenvalue weighted by Gasteiger charge is 2.31. The van der Waals surface area contributed by atoms with E-state index < -0.39 is 0 Å². The molecule has 2 heterocycles. The smallest absolute Gasteiger partial charge is 0.253 e. The lowest BCUT2D eigenvalue weighted by atomic mass is 10.1. The number of benzene rings is 1. The number of thioether (sulfide) groups is 1. The Balaban J connectivity index is 0.00000208. The second kappa shape index (κ2) is 9.66. The standard InChI is InChI=1S/C18H27N3OS.ClH/c1-2-23-14-15-3-5-16(6-4-15)18(22)21-10-7-17(13-21)20-11-8-19-9-12-20;/h3-6,17,19H,2,7-14H2,1H3;1H. The Morgan fingerprint density at radius 3 is 2.58 bits per heavy atom. The molecule has 2 aliphatic rings. The van der Waals surface area contributed by atoms with Crippen LogP contribution < -0.4 is 5.32 Å². The third-order valence-electron chi connectivity index (χ3n) is 4.79. The predicted octanol–water partition coefficient (Wildman–Crippen LogP) is 2.48. The van der Waals surface area contributed by atoms with Crippen LogP contribution in [0.3, 0.4) is 0 Å². The molecule has 2 saturated heterocycles. The van der Waals surface area contributed by atoms with Crippen molar-refractivity contribution in [3.63, 3.8) is 0 Å². The fourth-order valence-corrected chi connectivity index (χ4v) is 4.05. The fraction of sp³-hybridized carbons (Fsp3) is 0.611. The summed E-state index contributed by atoms with van der Waals surface area (Å²) in [4.78, 5) is 17.3. The van der Waals surface area contributed by atoms with Crippen LogP contribution in [0.4, 0.5) is 0 Å². The van der Waals surface area contributed by atoms with Crippen molar-refractivity contribution < 1.29 is 4.79 Å². The third-order valence-corrected chi connectivity index (χ3v) is 5.74. The van der Waals surface area contributed by atoms with Gasteiger partial charge in [-0.2, -0.15) is 11.8 Å². The van der Waals surface area contributed by atoms with Crippen molar-refractivity contribution in [2.24, 2.45) is 0 Å². The van der Waals surface area contributed by atoms with Crippen LogP contribution >= 0.6 is 24.2 Å². The topological polar surface area (TPSA) is 35.6 Å². The first kappa shape index (κ1) is 19.6. The molecule has 6 heteroatoms. The minimum atomic E-state index is 0. The highest BCUT2D eigenvalue weighted by atomic mass is 35.5. The lowest BCUT2D eigenvalue weighted by Crippen LogP contribution is -2.49. The molecule has 1 amide bonds. The van der Waals surface area contributed by atoms with E-state index in [9.17, 15) is 4.79 Å². The van der Waals surface area contributed by atoms with E-state index in [0.717, 1.165) is 62.8 Å². The van der Waals surface area contributed by atoms with Crippen LogP contribution in [0, 0.1) is 0 Å². The summed E-state index contributed by atoms with van der Waals surface area (Å²) in [6, 6.07) is 8.72. The van der Waals surface area contributed by atoms with Gasteiger partial charge in [-0.3, -0.25) is 9.69 Å². The van der Waals surface area contributed by atoms with E-state index >= 15 is 0 Å². The number of hydrogen-bond acceptors (Lipinski definition) is 4. The second-order valence-electron chi connectivity index (χ2n) is 6.31. The molecule has 0 radical (unpaired) electrons. The van der Waals surface area contributed by atoms with Crippen molar-refractivity contribution in [2.75, 3.05) is 45.0 Å². The van der Waals surface area contributed by atoms with Gasteiger partial charge in [0.05, 0.1) is 0 Å². The highest BCUT2D eigenvalue weighted by molar-refractivity contribution is 7.98. The molecule has 4 nitrogen and oxygen atoms in total. The number of carbonyl (C=O) groups excluding carboxylic acids is 1. The fourth-order valence-electron chi connectivity index (χ4n) is 3.42. The molecule has 3 rings (SSSR count). The Labute approximate surface area is 155 Å². The summed E-state index contributed by atoms with van der Waals surface area (Å²) >= 11 is 1.91. The zero-order chi connectivity index (χ0) is 16.1. The molecule has 2 aliphatic heterocycles. The van der Waals surface area contributed by atoms with Gasteiger partial charge in [0.1, 0.15) is 0 Å². The average Bonchev–Trinajstić information content (AvgIpc) is 3.11. The maximum absolute atomic E-state index is 12.7. The predicted molar refractivity (Wildman–Crippen MR) is 104 cm³/mol. The van der Waals surface area contributed by atoms with E-state index in [0.29, 0.717) is 6.04 Å². The van der Waals surface area contributed by atoms with Crippen molar-refractivity contribution in [2.45, 2.75) is 25.1 Å². The van der Waals surface area contributed by atoms with E-state index in [-0.39, 0.29) is 18.3 Å². The normalized spacial score (nSPS) is 21.5. The Kier molecular flexibility index (Phi) is 7.88. The largest absolute Gasteiger partial charge is 0.337 e. The van der Waals surface area contributed by atoms with Gasteiger partial charge in [0.25, 0.3) is 5.91 Å². The zero-order valence-corrected chi connectivity index (χ0v) is 16.0. The van der Waals surface area contributed by atoms with Gasteiger partial charge in [-0.05, 0) is 29.9 Å². The monoisotopic (exact) mass is 369 g/mol. The van der Waals surface area contributed by atoms with Crippen LogP contribution in [0.15, 0.2) is 24.3 Å². The quantitative estimate of drug-likeness (QED) is 0.864. The van der Waals surface area contributed by atoms with Crippen LogP contribution in [0.1, 0.15) is 29.3 Å². The molecular weight excluding hydrogens is 342 g/mol. The maximum Gasteiger partial charge on any atom is 0.253 e. The first-order chi connectivity index (χ1) is 11.3. The third kappa shape index (κ3) is 4.88. The molecule has 1 atom stereocenters. The molecule has 24 heavy (non-hydrogen) atoms. The van der Waals surface area contributed by atoms with Gasteiger partial charge in [0.15, 0.2) is 0 Å². The van der Waals surface area contributed by atoms with Crippen molar-refractivity contribution in [1.82, 2.24) is 15.1 Å². The maximum atomic E-state index is 12.7. The lowest BCUT2D eigenvalue weighted by Gasteiger charge is -2.32. The molecule has 1 aromatic carbocycles. The Hall–Kier alpha value is -0.750. The number of nitrogens with zero attached hydrogens (tertiary/aromatic N) is 2. The van der Waals surface area contributed by atoms with E-state index in [1.807, 2.05) is 28.8 Å². The molecule has 1 unspecified atom stereocenters. The molecule has 1 N–H and O–H groups in total. The van der Waals surface area contributed by atoms with E-state index in [4.69, 9.17) is 0 Å². The van der Waals surface area contributed by atoms with Gasteiger partial charge in [0.2, 0.25) is 0 Å². The number of carbonyl (C=O) groups is 1. The number of rotatable bonds is 5. The Morgan fingerprint density at radius 1 is 1.21 bits per heavy atom. The van der Waals surface area contributed by atoms with Crippen molar-refractivity contribution in [3.8, 4) is 0 Å². The number of nitrogens with one attached hydrogen (secondary N) is 1. The molecule has 0 bridgehead atoms. The van der Waals surface area contributed by atoms with Gasteiger partial charge in [-0.25, -0.2) is 0 Å². The van der Waals surface area contributed by atoms with Crippen LogP contribution in [-0.2, 0) is 5.75 Å². The lowest BCUT2D eigenvalue weighted by molar-refractivity contribution is 0.0773. The van der Waals surface area contributed by atoms with E-state index in [1.54, 1.807) is 0 Å². The van der Waals surface area contributed by atoms with Gasteiger partial charge >= 0.3 is 0 Å². The Morgan fingerprint density at radius 2 is 1.92 bits per heavy atom. The van der Waals surface area contributed by atoms with Gasteiger partial charge in [-0.1, -0.05) is 19.1 Å². The molecule has 0 spiro atoms. The van der Waals surface area contributed by atoms with E-state index in [1.165, 1.54) is 5.56 Å². The first-order valence-corrected chi connectivity index (χ1v) is 9.84. The summed E-state index contributed by atoms with van der Waals surface area (Å²) in [5.74, 6) is 2.35. The van der Waals surface area contributed by atoms with Gasteiger partial charge in [-0.15, -0.1) is 12.4 Å². The minimum absolute atomic E-state index is 0. The second-order valence-corrected chi connectivity index (χ2v) is 7.59. The summed E-state index contributed by atoms with van der Waals surface area (Å²) in [5, 5.41) is 3.39. The van der Waals surface area contributed by atoms with Crippen LogP contribution in [-0.4, -0.2) is 66.8 Å².